The van der Waals surface area contributed by atoms with Crippen LogP contribution in [0.15, 0.2) is 85.1 Å². The van der Waals surface area contributed by atoms with E-state index in [9.17, 15) is 24.0 Å². The Morgan fingerprint density at radius 2 is 1.52 bits per heavy atom. The number of nitrogen functional groups attached to an aromatic ring is 1. The zero-order valence-electron chi connectivity index (χ0n) is 36.5. The molecule has 65 heavy (non-hydrogen) atoms. The van der Waals surface area contributed by atoms with Crippen molar-refractivity contribution in [3.8, 4) is 22.8 Å². The highest BCUT2D eigenvalue weighted by Gasteiger charge is 2.45. The number of piperazine rings is 1. The van der Waals surface area contributed by atoms with Gasteiger partial charge in [0.05, 0.1) is 34.6 Å². The van der Waals surface area contributed by atoms with Gasteiger partial charge < -0.3 is 26.0 Å². The summed E-state index contributed by atoms with van der Waals surface area (Å²) in [6.07, 6.45) is 10.4. The largest absolute Gasteiger partial charge is 0.457 e. The van der Waals surface area contributed by atoms with E-state index >= 15 is 0 Å². The maximum absolute atomic E-state index is 13.3. The number of ether oxygens (including phenoxy) is 1. The smallest absolute Gasteiger partial charge is 0.264 e. The number of nitrogens with two attached hydrogens (primary N) is 1. The number of carbonyl (C=O) groups is 5. The van der Waals surface area contributed by atoms with E-state index in [1.54, 1.807) is 18.3 Å². The molecule has 4 aliphatic rings. The summed E-state index contributed by atoms with van der Waals surface area (Å²) in [5.74, 6) is -0.456. The van der Waals surface area contributed by atoms with Crippen molar-refractivity contribution in [2.24, 2.45) is 0 Å². The second-order valence-corrected chi connectivity index (χ2v) is 17.5. The number of amides is 5. The molecule has 0 spiro atoms. The summed E-state index contributed by atoms with van der Waals surface area (Å²) in [7, 11) is 0. The molecule has 0 bridgehead atoms. The summed E-state index contributed by atoms with van der Waals surface area (Å²) in [5.41, 5.74) is 10.0. The lowest BCUT2D eigenvalue weighted by atomic mass is 9.89. The molecule has 5 heterocycles. The van der Waals surface area contributed by atoms with Crippen molar-refractivity contribution >= 4 is 51.9 Å². The van der Waals surface area contributed by atoms with Crippen LogP contribution >= 0.6 is 0 Å². The molecule has 5 aromatic rings. The van der Waals surface area contributed by atoms with Crippen LogP contribution in [0.4, 0.5) is 11.5 Å². The molecule has 0 radical (unpaired) electrons. The lowest BCUT2D eigenvalue weighted by molar-refractivity contribution is -0.136. The van der Waals surface area contributed by atoms with Gasteiger partial charge in [0.25, 0.3) is 11.8 Å². The molecule has 5 N–H and O–H groups in total. The number of benzene rings is 3. The van der Waals surface area contributed by atoms with Gasteiger partial charge in [0.1, 0.15) is 29.1 Å². The van der Waals surface area contributed by atoms with E-state index < -0.39 is 29.7 Å². The van der Waals surface area contributed by atoms with Crippen LogP contribution in [0.25, 0.3) is 22.2 Å². The lowest BCUT2D eigenvalue weighted by Crippen LogP contribution is -2.54. The molecule has 2 aromatic heterocycles. The minimum atomic E-state index is -1.05. The fourth-order valence-electron chi connectivity index (χ4n) is 9.86. The Hall–Kier alpha value is -6.65. The van der Waals surface area contributed by atoms with Crippen LogP contribution < -0.4 is 26.4 Å². The number of hydrogen-bond acceptors (Lipinski definition) is 12. The van der Waals surface area contributed by atoms with Gasteiger partial charge in [0.2, 0.25) is 17.7 Å². The number of aromatic nitrogens is 3. The van der Waals surface area contributed by atoms with Gasteiger partial charge in [-0.3, -0.25) is 43.8 Å². The number of fused-ring (bicyclic) bond motifs is 2. The molecule has 5 amide bonds. The fourth-order valence-corrected chi connectivity index (χ4v) is 9.86. The minimum absolute atomic E-state index is 0.0467. The van der Waals surface area contributed by atoms with Crippen LogP contribution in [0.1, 0.15) is 91.0 Å². The number of piperidine rings is 1. The first-order chi connectivity index (χ1) is 31.7. The quantitative estimate of drug-likeness (QED) is 0.0692. The summed E-state index contributed by atoms with van der Waals surface area (Å²) in [5, 5.41) is 14.2. The third kappa shape index (κ3) is 9.59. The number of anilines is 2. The Kier molecular flexibility index (Phi) is 13.2. The van der Waals surface area contributed by atoms with Crippen LogP contribution in [0.3, 0.4) is 0 Å². The molecule has 9 rings (SSSR count). The van der Waals surface area contributed by atoms with Crippen LogP contribution in [-0.2, 0) is 14.4 Å². The highest BCUT2D eigenvalue weighted by Crippen LogP contribution is 2.39. The average molecular weight is 881 g/mol. The summed E-state index contributed by atoms with van der Waals surface area (Å²) < 4.78 is 8.22. The Labute approximate surface area is 377 Å². The molecule has 16 heteroatoms. The van der Waals surface area contributed by atoms with Crippen molar-refractivity contribution in [3.63, 3.8) is 0 Å². The number of para-hydroxylation sites is 1. The predicted molar refractivity (Wildman–Crippen MR) is 246 cm³/mol. The normalized spacial score (nSPS) is 20.5. The number of nitrogens with zero attached hydrogens (tertiary/aromatic N) is 6. The van der Waals surface area contributed by atoms with Crippen molar-refractivity contribution in [1.82, 2.24) is 40.1 Å². The second-order valence-electron chi connectivity index (χ2n) is 17.5. The maximum Gasteiger partial charge on any atom is 0.264 e. The molecule has 3 fully saturated rings. The summed E-state index contributed by atoms with van der Waals surface area (Å²) in [6.45, 7) is 5.90. The molecule has 3 aliphatic heterocycles. The van der Waals surface area contributed by atoms with Crippen molar-refractivity contribution in [1.29, 1.82) is 0 Å². The van der Waals surface area contributed by atoms with Crippen LogP contribution in [0, 0.1) is 0 Å². The summed E-state index contributed by atoms with van der Waals surface area (Å²) in [6, 6.07) is 24.4. The van der Waals surface area contributed by atoms with Gasteiger partial charge in [0.15, 0.2) is 0 Å². The molecule has 3 aromatic carbocycles. The van der Waals surface area contributed by atoms with Crippen molar-refractivity contribution < 1.29 is 28.7 Å². The number of carbonyl (C=O) groups excluding carboxylic acids is 5. The number of hydrogen-bond donors (Lipinski definition) is 4. The lowest BCUT2D eigenvalue weighted by Gasteiger charge is -2.42. The molecular weight excluding hydrogens is 825 g/mol. The Balaban J connectivity index is 0.665. The molecule has 1 saturated carbocycles. The van der Waals surface area contributed by atoms with Crippen LogP contribution in [0.2, 0.25) is 0 Å². The highest BCUT2D eigenvalue weighted by atomic mass is 16.5. The van der Waals surface area contributed by atoms with E-state index in [2.05, 4.69) is 35.4 Å². The third-order valence-corrected chi connectivity index (χ3v) is 13.3. The number of imide groups is 2. The Morgan fingerprint density at radius 1 is 0.785 bits per heavy atom. The van der Waals surface area contributed by atoms with E-state index in [4.69, 9.17) is 15.6 Å². The minimum Gasteiger partial charge on any atom is -0.457 e. The molecule has 2 saturated heterocycles. The van der Waals surface area contributed by atoms with Gasteiger partial charge in [-0.2, -0.15) is 5.10 Å². The van der Waals surface area contributed by atoms with Gasteiger partial charge in [-0.1, -0.05) is 37.1 Å². The predicted octanol–water partition coefficient (Wildman–Crippen LogP) is 5.76. The standard InChI is InChI=1S/C49H56N10O6/c50-46-44-39(23-25-52-46)59(55-45(44)32-13-19-36(20-14-32)65-35-9-4-3-5-10-35)34-17-15-33(16-18-34)57-29-27-56(28-30-57)26-7-2-1-6-24-51-42(61)31-53-38-12-8-11-37-43(38)49(64)58(48(37)63)40-21-22-41(60)54-47(40)62/h3-5,8-14,19-20,23,25,33-34,40,53H,1-2,6-7,15-18,21-22,24,26-31H2,(H2,50,52)(H,51,61)(H,54,60,62). The Morgan fingerprint density at radius 3 is 2.29 bits per heavy atom. The summed E-state index contributed by atoms with van der Waals surface area (Å²) in [4.78, 5) is 73.7. The SMILES string of the molecule is Nc1nccc2c1c(-c1ccc(Oc3ccccc3)cc1)nn2C1CCC(N2CCN(CCCCCCNC(=O)CNc3cccc4c3C(=O)N(C3CCC(=O)NC3=O)C4=O)CC2)CC1. The summed E-state index contributed by atoms with van der Waals surface area (Å²) >= 11 is 0. The molecule has 1 aliphatic carbocycles. The maximum atomic E-state index is 13.3. The van der Waals surface area contributed by atoms with Gasteiger partial charge in [-0.25, -0.2) is 4.98 Å². The zero-order valence-corrected chi connectivity index (χ0v) is 36.5. The average Bonchev–Trinajstić information content (AvgIpc) is 3.84. The van der Waals surface area contributed by atoms with Gasteiger partial charge in [-0.15, -0.1) is 0 Å². The topological polar surface area (TPSA) is 197 Å². The number of rotatable bonds is 16. The van der Waals surface area contributed by atoms with E-state index in [1.165, 1.54) is 6.07 Å². The number of unbranched alkanes of at least 4 members (excludes halogenated alkanes) is 3. The number of pyridine rings is 1. The van der Waals surface area contributed by atoms with Crippen molar-refractivity contribution in [2.45, 2.75) is 82.3 Å². The van der Waals surface area contributed by atoms with Crippen molar-refractivity contribution in [2.75, 3.05) is 56.9 Å². The molecular formula is C49H56N10O6. The number of nitrogens with one attached hydrogen (secondary N) is 3. The fraction of sp³-hybridized carbons (Fsp3) is 0.408. The highest BCUT2D eigenvalue weighted by molar-refractivity contribution is 6.25. The van der Waals surface area contributed by atoms with E-state index in [0.717, 1.165) is 123 Å². The Bertz CT molecular complexity index is 2550. The zero-order chi connectivity index (χ0) is 44.9. The van der Waals surface area contributed by atoms with Gasteiger partial charge in [0, 0.05) is 62.6 Å². The first-order valence-corrected chi connectivity index (χ1v) is 23.0. The van der Waals surface area contributed by atoms with E-state index in [1.807, 2.05) is 60.7 Å². The van der Waals surface area contributed by atoms with Crippen LogP contribution in [-0.4, -0.2) is 117 Å². The van der Waals surface area contributed by atoms with E-state index in [0.29, 0.717) is 30.1 Å². The van der Waals surface area contributed by atoms with Crippen LogP contribution in [0.5, 0.6) is 11.5 Å². The monoisotopic (exact) mass is 880 g/mol. The van der Waals surface area contributed by atoms with E-state index in [-0.39, 0.29) is 36.4 Å². The third-order valence-electron chi connectivity index (χ3n) is 13.3. The molecule has 16 nitrogen and oxygen atoms in total. The molecule has 1 unspecified atom stereocenters. The first kappa shape index (κ1) is 43.6. The van der Waals surface area contributed by atoms with Crippen molar-refractivity contribution in [3.05, 3.63) is 96.2 Å². The van der Waals surface area contributed by atoms with Gasteiger partial charge >= 0.3 is 0 Å². The molecule has 338 valence electrons. The van der Waals surface area contributed by atoms with Gasteiger partial charge in [-0.05, 0) is 106 Å². The second kappa shape index (κ2) is 19.6. The first-order valence-electron chi connectivity index (χ1n) is 23.0. The molecule has 1 atom stereocenters.